The van der Waals surface area contributed by atoms with Crippen LogP contribution in [-0.4, -0.2) is 19.1 Å². The first-order valence-electron chi connectivity index (χ1n) is 8.90. The zero-order chi connectivity index (χ0) is 19.0. The van der Waals surface area contributed by atoms with E-state index in [1.165, 1.54) is 0 Å². The molecule has 0 saturated heterocycles. The lowest BCUT2D eigenvalue weighted by Crippen LogP contribution is -2.22. The third-order valence-electron chi connectivity index (χ3n) is 4.50. The molecular formula is C21H19NO5. The van der Waals surface area contributed by atoms with Crippen molar-refractivity contribution in [1.82, 2.24) is 5.32 Å². The molecule has 0 fully saturated rings. The lowest BCUT2D eigenvalue weighted by molar-refractivity contribution is 0.0938. The second-order valence-corrected chi connectivity index (χ2v) is 6.15. The molecular weight excluding hydrogens is 346 g/mol. The monoisotopic (exact) mass is 365 g/mol. The van der Waals surface area contributed by atoms with Crippen LogP contribution < -0.4 is 20.2 Å². The number of fused-ring (bicyclic) bond motifs is 2. The minimum atomic E-state index is -0.594. The van der Waals surface area contributed by atoms with Gasteiger partial charge in [-0.25, -0.2) is 0 Å². The lowest BCUT2D eigenvalue weighted by atomic mass is 9.99. The Balaban J connectivity index is 1.86. The predicted molar refractivity (Wildman–Crippen MR) is 101 cm³/mol. The quantitative estimate of drug-likeness (QED) is 0.750. The number of ether oxygens (including phenoxy) is 2. The number of rotatable bonds is 5. The van der Waals surface area contributed by atoms with E-state index in [1.807, 2.05) is 19.9 Å². The minimum Gasteiger partial charge on any atom is -0.490 e. The van der Waals surface area contributed by atoms with Crippen LogP contribution in [0.15, 0.2) is 51.7 Å². The Labute approximate surface area is 155 Å². The summed E-state index contributed by atoms with van der Waals surface area (Å²) in [6, 6.07) is 11.7. The number of carbonyl (C=O) groups is 1. The highest BCUT2D eigenvalue weighted by atomic mass is 16.5. The summed E-state index contributed by atoms with van der Waals surface area (Å²) >= 11 is 0. The van der Waals surface area contributed by atoms with Crippen LogP contribution in [-0.2, 0) is 0 Å². The molecule has 1 aliphatic rings. The largest absolute Gasteiger partial charge is 0.490 e. The number of benzene rings is 2. The van der Waals surface area contributed by atoms with E-state index in [1.54, 1.807) is 36.4 Å². The molecule has 0 saturated carbocycles. The topological polar surface area (TPSA) is 77.8 Å². The molecule has 0 aliphatic carbocycles. The van der Waals surface area contributed by atoms with Gasteiger partial charge in [0, 0.05) is 0 Å². The van der Waals surface area contributed by atoms with Crippen molar-refractivity contribution in [2.75, 3.05) is 13.2 Å². The van der Waals surface area contributed by atoms with Crippen LogP contribution in [0.5, 0.6) is 11.5 Å². The van der Waals surface area contributed by atoms with E-state index in [4.69, 9.17) is 13.9 Å². The summed E-state index contributed by atoms with van der Waals surface area (Å²) in [7, 11) is 0. The Hall–Kier alpha value is -3.28. The van der Waals surface area contributed by atoms with Crippen molar-refractivity contribution >= 4 is 16.9 Å². The Bertz CT molecular complexity index is 1090. The molecule has 138 valence electrons. The van der Waals surface area contributed by atoms with E-state index in [9.17, 15) is 9.59 Å². The molecule has 0 radical (unpaired) electrons. The van der Waals surface area contributed by atoms with Crippen LogP contribution >= 0.6 is 0 Å². The maximum Gasteiger partial charge on any atom is 0.288 e. The lowest BCUT2D eigenvalue weighted by Gasteiger charge is -2.16. The Morgan fingerprint density at radius 2 is 1.74 bits per heavy atom. The second-order valence-electron chi connectivity index (χ2n) is 6.15. The van der Waals surface area contributed by atoms with Crippen molar-refractivity contribution in [3.8, 4) is 11.5 Å². The van der Waals surface area contributed by atoms with Gasteiger partial charge in [-0.1, -0.05) is 18.2 Å². The maximum absolute atomic E-state index is 13.0. The molecule has 1 aliphatic heterocycles. The molecule has 1 aromatic heterocycles. The zero-order valence-corrected chi connectivity index (χ0v) is 15.1. The standard InChI is InChI=1S/C21H19NO5/c1-3-25-15-10-9-12(11-16(15)26-4-2)18-17-19(23)13-7-5-6-8-14(13)27-20(17)21(24)22-18/h5-11,18H,3-4H2,1-2H3,(H,22,24). The molecule has 6 nitrogen and oxygen atoms in total. The number of carbonyl (C=O) groups excluding carboxylic acids is 1. The first-order valence-corrected chi connectivity index (χ1v) is 8.90. The SMILES string of the molecule is CCOc1ccc(C2NC(=O)c3oc4ccccc4c(=O)c32)cc1OCC. The number of hydrogen-bond acceptors (Lipinski definition) is 5. The zero-order valence-electron chi connectivity index (χ0n) is 15.1. The van der Waals surface area contributed by atoms with Gasteiger partial charge in [0.25, 0.3) is 5.91 Å². The van der Waals surface area contributed by atoms with E-state index in [0.717, 1.165) is 5.56 Å². The first-order chi connectivity index (χ1) is 13.1. The number of hydrogen-bond donors (Lipinski definition) is 1. The van der Waals surface area contributed by atoms with Crippen molar-refractivity contribution in [3.63, 3.8) is 0 Å². The van der Waals surface area contributed by atoms with Crippen LogP contribution in [0.25, 0.3) is 11.0 Å². The fraction of sp³-hybridized carbons (Fsp3) is 0.238. The average molecular weight is 365 g/mol. The van der Waals surface area contributed by atoms with Gasteiger partial charge >= 0.3 is 0 Å². The van der Waals surface area contributed by atoms with Gasteiger partial charge in [0.2, 0.25) is 5.76 Å². The first kappa shape index (κ1) is 17.1. The highest BCUT2D eigenvalue weighted by Crippen LogP contribution is 2.36. The van der Waals surface area contributed by atoms with Crippen molar-refractivity contribution in [3.05, 3.63) is 69.6 Å². The van der Waals surface area contributed by atoms with Gasteiger partial charge in [-0.3, -0.25) is 9.59 Å². The summed E-state index contributed by atoms with van der Waals surface area (Å²) < 4.78 is 17.0. The van der Waals surface area contributed by atoms with Gasteiger partial charge in [0.05, 0.1) is 30.2 Å². The van der Waals surface area contributed by atoms with E-state index >= 15 is 0 Å². The summed E-state index contributed by atoms with van der Waals surface area (Å²) in [5, 5.41) is 3.30. The van der Waals surface area contributed by atoms with Crippen LogP contribution in [0.4, 0.5) is 0 Å². The van der Waals surface area contributed by atoms with E-state index < -0.39 is 11.9 Å². The van der Waals surface area contributed by atoms with Crippen molar-refractivity contribution in [1.29, 1.82) is 0 Å². The molecule has 4 rings (SSSR count). The van der Waals surface area contributed by atoms with Gasteiger partial charge in [0.15, 0.2) is 16.9 Å². The average Bonchev–Trinajstić information content (AvgIpc) is 3.01. The number of amides is 1. The van der Waals surface area contributed by atoms with Crippen molar-refractivity contribution in [2.24, 2.45) is 0 Å². The molecule has 1 atom stereocenters. The highest BCUT2D eigenvalue weighted by Gasteiger charge is 2.36. The van der Waals surface area contributed by atoms with E-state index in [0.29, 0.717) is 41.2 Å². The van der Waals surface area contributed by atoms with Gasteiger partial charge in [-0.2, -0.15) is 0 Å². The minimum absolute atomic E-state index is 0.0653. The molecule has 2 heterocycles. The molecule has 1 amide bonds. The molecule has 2 aromatic carbocycles. The van der Waals surface area contributed by atoms with Gasteiger partial charge in [-0.05, 0) is 43.7 Å². The third-order valence-corrected chi connectivity index (χ3v) is 4.50. The fourth-order valence-electron chi connectivity index (χ4n) is 3.35. The van der Waals surface area contributed by atoms with Crippen LogP contribution in [0.1, 0.15) is 41.6 Å². The molecule has 6 heteroatoms. The molecule has 1 N–H and O–H groups in total. The number of para-hydroxylation sites is 1. The summed E-state index contributed by atoms with van der Waals surface area (Å²) in [6.07, 6.45) is 0. The fourth-order valence-corrected chi connectivity index (χ4v) is 3.35. The van der Waals surface area contributed by atoms with Crippen LogP contribution in [0.2, 0.25) is 0 Å². The normalized spacial score (nSPS) is 15.5. The maximum atomic E-state index is 13.0. The van der Waals surface area contributed by atoms with Gasteiger partial charge in [0.1, 0.15) is 5.58 Å². The van der Waals surface area contributed by atoms with Gasteiger partial charge < -0.3 is 19.2 Å². The molecule has 27 heavy (non-hydrogen) atoms. The Kier molecular flexibility index (Phi) is 4.32. The Morgan fingerprint density at radius 1 is 1.00 bits per heavy atom. The van der Waals surface area contributed by atoms with Crippen LogP contribution in [0.3, 0.4) is 0 Å². The van der Waals surface area contributed by atoms with E-state index in [2.05, 4.69) is 5.32 Å². The summed E-state index contributed by atoms with van der Waals surface area (Å²) in [4.78, 5) is 25.4. The van der Waals surface area contributed by atoms with Gasteiger partial charge in [-0.15, -0.1) is 0 Å². The molecule has 0 bridgehead atoms. The Morgan fingerprint density at radius 3 is 2.52 bits per heavy atom. The highest BCUT2D eigenvalue weighted by molar-refractivity contribution is 5.98. The summed E-state index contributed by atoms with van der Waals surface area (Å²) in [5.74, 6) is 0.864. The smallest absolute Gasteiger partial charge is 0.288 e. The summed E-state index contributed by atoms with van der Waals surface area (Å²) in [5.41, 5.74) is 1.25. The van der Waals surface area contributed by atoms with Crippen molar-refractivity contribution < 1.29 is 18.7 Å². The molecule has 1 unspecified atom stereocenters. The second kappa shape index (κ2) is 6.79. The summed E-state index contributed by atoms with van der Waals surface area (Å²) in [6.45, 7) is 4.77. The number of nitrogens with one attached hydrogen (secondary N) is 1. The van der Waals surface area contributed by atoms with Crippen LogP contribution in [0, 0.1) is 0 Å². The predicted octanol–water partition coefficient (Wildman–Crippen LogP) is 3.42. The molecule has 0 spiro atoms. The van der Waals surface area contributed by atoms with Crippen molar-refractivity contribution in [2.45, 2.75) is 19.9 Å². The van der Waals surface area contributed by atoms with E-state index in [-0.39, 0.29) is 11.2 Å². The third kappa shape index (κ3) is 2.83. The molecule has 3 aromatic rings.